The van der Waals surface area contributed by atoms with Crippen LogP contribution < -0.4 is 0 Å². The number of carbonyl (C=O) groups excluding carboxylic acids is 2. The smallest absolute Gasteiger partial charge is 0.328 e. The Labute approximate surface area is 154 Å². The number of rotatable bonds is 3. The van der Waals surface area contributed by atoms with Crippen LogP contribution in [0.5, 0.6) is 0 Å². The SMILES string of the molecule is COC(=O)[C@@H]1C[C@@H](O)CN1C1=NC(=O)C(=Cc2ccc(SC)cc2)S1. The number of likely N-dealkylation sites (tertiary alicyclic amines) is 1. The van der Waals surface area contributed by atoms with Crippen LogP contribution in [0.3, 0.4) is 0 Å². The van der Waals surface area contributed by atoms with E-state index in [4.69, 9.17) is 4.74 Å². The Balaban J connectivity index is 1.77. The first kappa shape index (κ1) is 18.0. The normalized spacial score (nSPS) is 24.8. The van der Waals surface area contributed by atoms with E-state index in [1.165, 1.54) is 18.9 Å². The summed E-state index contributed by atoms with van der Waals surface area (Å²) in [6, 6.07) is 7.27. The number of amides is 1. The van der Waals surface area contributed by atoms with Gasteiger partial charge in [-0.1, -0.05) is 12.1 Å². The molecule has 0 unspecified atom stereocenters. The number of hydrogen-bond acceptors (Lipinski definition) is 7. The van der Waals surface area contributed by atoms with Crippen molar-refractivity contribution in [2.45, 2.75) is 23.5 Å². The van der Waals surface area contributed by atoms with E-state index in [1.807, 2.05) is 30.5 Å². The number of carbonyl (C=O) groups is 2. The Hall–Kier alpha value is -1.77. The fourth-order valence-corrected chi connectivity index (χ4v) is 4.14. The number of aliphatic hydroxyl groups is 1. The molecule has 2 atom stereocenters. The van der Waals surface area contributed by atoms with Crippen molar-refractivity contribution in [2.75, 3.05) is 19.9 Å². The molecule has 1 fully saturated rings. The van der Waals surface area contributed by atoms with Crippen molar-refractivity contribution in [3.63, 3.8) is 0 Å². The van der Waals surface area contributed by atoms with Gasteiger partial charge in [-0.2, -0.15) is 4.99 Å². The number of amidine groups is 1. The number of benzene rings is 1. The molecular formula is C17H18N2O4S2. The van der Waals surface area contributed by atoms with Crippen molar-refractivity contribution in [1.29, 1.82) is 0 Å². The van der Waals surface area contributed by atoms with E-state index < -0.39 is 18.1 Å². The van der Waals surface area contributed by atoms with E-state index in [1.54, 1.807) is 22.7 Å². The van der Waals surface area contributed by atoms with Crippen molar-refractivity contribution in [3.8, 4) is 0 Å². The summed E-state index contributed by atoms with van der Waals surface area (Å²) in [5.74, 6) is -0.767. The van der Waals surface area contributed by atoms with Gasteiger partial charge in [-0.3, -0.25) is 4.79 Å². The Morgan fingerprint density at radius 1 is 1.44 bits per heavy atom. The number of hydrogen-bond donors (Lipinski definition) is 1. The molecule has 8 heteroatoms. The summed E-state index contributed by atoms with van der Waals surface area (Å²) in [6.07, 6.45) is 3.42. The highest BCUT2D eigenvalue weighted by molar-refractivity contribution is 8.18. The van der Waals surface area contributed by atoms with E-state index in [-0.39, 0.29) is 18.9 Å². The first-order chi connectivity index (χ1) is 12.0. The molecule has 1 amide bonds. The summed E-state index contributed by atoms with van der Waals surface area (Å²) in [5.41, 5.74) is 0.913. The molecule has 2 aliphatic heterocycles. The summed E-state index contributed by atoms with van der Waals surface area (Å²) in [6.45, 7) is 0.259. The number of esters is 1. The molecule has 25 heavy (non-hydrogen) atoms. The predicted octanol–water partition coefficient (Wildman–Crippen LogP) is 1.99. The molecule has 2 aliphatic rings. The molecule has 0 spiro atoms. The van der Waals surface area contributed by atoms with Gasteiger partial charge in [-0.25, -0.2) is 4.79 Å². The summed E-state index contributed by atoms with van der Waals surface area (Å²) >= 11 is 2.87. The number of aliphatic hydroxyl groups excluding tert-OH is 1. The Kier molecular flexibility index (Phi) is 5.51. The van der Waals surface area contributed by atoms with Crippen LogP contribution in [0.1, 0.15) is 12.0 Å². The van der Waals surface area contributed by atoms with Gasteiger partial charge < -0.3 is 14.7 Å². The molecule has 0 saturated carbocycles. The molecule has 1 saturated heterocycles. The van der Waals surface area contributed by atoms with E-state index in [9.17, 15) is 14.7 Å². The number of nitrogens with zero attached hydrogens (tertiary/aromatic N) is 2. The molecule has 1 N–H and O–H groups in total. The first-order valence-electron chi connectivity index (χ1n) is 7.71. The van der Waals surface area contributed by atoms with Crippen LogP contribution in [0.25, 0.3) is 6.08 Å². The number of ether oxygens (including phenoxy) is 1. The van der Waals surface area contributed by atoms with Crippen LogP contribution in [-0.4, -0.2) is 59.1 Å². The van der Waals surface area contributed by atoms with Gasteiger partial charge in [0.05, 0.1) is 18.1 Å². The van der Waals surface area contributed by atoms with Crippen molar-refractivity contribution in [1.82, 2.24) is 4.90 Å². The minimum atomic E-state index is -0.644. The monoisotopic (exact) mass is 378 g/mol. The van der Waals surface area contributed by atoms with Gasteiger partial charge >= 0.3 is 5.97 Å². The molecule has 1 aromatic rings. The zero-order valence-corrected chi connectivity index (χ0v) is 15.5. The minimum Gasteiger partial charge on any atom is -0.467 e. The van der Waals surface area contributed by atoms with Crippen LogP contribution in [0.2, 0.25) is 0 Å². The van der Waals surface area contributed by atoms with E-state index in [0.717, 1.165) is 10.5 Å². The highest BCUT2D eigenvalue weighted by atomic mass is 32.2. The van der Waals surface area contributed by atoms with Crippen LogP contribution in [0, 0.1) is 0 Å². The second-order valence-corrected chi connectivity index (χ2v) is 7.55. The minimum absolute atomic E-state index is 0.259. The van der Waals surface area contributed by atoms with Gasteiger partial charge in [0.2, 0.25) is 0 Å². The Morgan fingerprint density at radius 3 is 2.80 bits per heavy atom. The number of thioether (sulfide) groups is 2. The summed E-state index contributed by atoms with van der Waals surface area (Å²) < 4.78 is 4.79. The maximum atomic E-state index is 12.2. The van der Waals surface area contributed by atoms with Crippen LogP contribution in [-0.2, 0) is 14.3 Å². The summed E-state index contributed by atoms with van der Waals surface area (Å²) in [5, 5.41) is 10.3. The van der Waals surface area contributed by atoms with Crippen molar-refractivity contribution in [2.24, 2.45) is 4.99 Å². The van der Waals surface area contributed by atoms with E-state index >= 15 is 0 Å². The van der Waals surface area contributed by atoms with Gasteiger partial charge in [-0.05, 0) is 41.8 Å². The third-order valence-corrected chi connectivity index (χ3v) is 5.79. The lowest BCUT2D eigenvalue weighted by molar-refractivity contribution is -0.144. The average molecular weight is 378 g/mol. The lowest BCUT2D eigenvalue weighted by atomic mass is 10.2. The third kappa shape index (κ3) is 3.91. The maximum absolute atomic E-state index is 12.2. The Bertz CT molecular complexity index is 746. The third-order valence-electron chi connectivity index (χ3n) is 4.02. The standard InChI is InChI=1S/C17H18N2O4S2/c1-23-16(22)13-8-11(20)9-19(13)17-18-15(21)14(25-17)7-10-3-5-12(24-2)6-4-10/h3-7,11,13,20H,8-9H2,1-2H3/t11-,13+/m1/s1. The van der Waals surface area contributed by atoms with Crippen molar-refractivity contribution >= 4 is 46.6 Å². The highest BCUT2D eigenvalue weighted by Gasteiger charge is 2.41. The molecule has 1 aromatic carbocycles. The number of aliphatic imine (C=N–C) groups is 1. The number of β-amino-alcohol motifs (C(OH)–C–C–N with tert-alkyl or cyclic N) is 1. The maximum Gasteiger partial charge on any atom is 0.328 e. The number of methoxy groups -OCH3 is 1. The molecule has 0 aromatic heterocycles. The molecular weight excluding hydrogens is 360 g/mol. The zero-order chi connectivity index (χ0) is 18.0. The van der Waals surface area contributed by atoms with Crippen molar-refractivity contribution < 1.29 is 19.4 Å². The van der Waals surface area contributed by atoms with E-state index in [2.05, 4.69) is 4.99 Å². The fourth-order valence-electron chi connectivity index (χ4n) is 2.76. The van der Waals surface area contributed by atoms with Gasteiger partial charge in [0.25, 0.3) is 5.91 Å². The fraction of sp³-hybridized carbons (Fsp3) is 0.353. The quantitative estimate of drug-likeness (QED) is 0.489. The van der Waals surface area contributed by atoms with Gasteiger partial charge in [-0.15, -0.1) is 11.8 Å². The summed E-state index contributed by atoms with van der Waals surface area (Å²) in [4.78, 5) is 31.5. The summed E-state index contributed by atoms with van der Waals surface area (Å²) in [7, 11) is 1.31. The highest BCUT2D eigenvalue weighted by Crippen LogP contribution is 2.34. The van der Waals surface area contributed by atoms with Crippen LogP contribution >= 0.6 is 23.5 Å². The lowest BCUT2D eigenvalue weighted by Gasteiger charge is -2.22. The Morgan fingerprint density at radius 2 is 2.16 bits per heavy atom. The van der Waals surface area contributed by atoms with Gasteiger partial charge in [0.1, 0.15) is 6.04 Å². The second kappa shape index (κ2) is 7.63. The van der Waals surface area contributed by atoms with Gasteiger partial charge in [0, 0.05) is 17.9 Å². The molecule has 0 radical (unpaired) electrons. The molecule has 0 bridgehead atoms. The molecule has 132 valence electrons. The lowest BCUT2D eigenvalue weighted by Crippen LogP contribution is -2.39. The molecule has 2 heterocycles. The second-order valence-electron chi connectivity index (χ2n) is 5.66. The van der Waals surface area contributed by atoms with Gasteiger partial charge in [0.15, 0.2) is 5.17 Å². The molecule has 6 nitrogen and oxygen atoms in total. The molecule has 0 aliphatic carbocycles. The zero-order valence-electron chi connectivity index (χ0n) is 13.8. The van der Waals surface area contributed by atoms with E-state index in [0.29, 0.717) is 10.1 Å². The van der Waals surface area contributed by atoms with Crippen LogP contribution in [0.4, 0.5) is 0 Å². The topological polar surface area (TPSA) is 79.2 Å². The molecule has 3 rings (SSSR count). The first-order valence-corrected chi connectivity index (χ1v) is 9.75. The van der Waals surface area contributed by atoms with Crippen LogP contribution in [0.15, 0.2) is 39.1 Å². The predicted molar refractivity (Wildman–Crippen MR) is 99.4 cm³/mol. The van der Waals surface area contributed by atoms with Crippen molar-refractivity contribution in [3.05, 3.63) is 34.7 Å². The average Bonchev–Trinajstić information content (AvgIpc) is 3.18. The largest absolute Gasteiger partial charge is 0.467 e.